The third kappa shape index (κ3) is 4.17. The summed E-state index contributed by atoms with van der Waals surface area (Å²) in [6.45, 7) is 3.26. The number of piperidine rings is 1. The van der Waals surface area contributed by atoms with Gasteiger partial charge in [0.1, 0.15) is 13.2 Å². The fourth-order valence-electron chi connectivity index (χ4n) is 3.52. The highest BCUT2D eigenvalue weighted by Gasteiger charge is 2.33. The van der Waals surface area contributed by atoms with Crippen LogP contribution in [0.3, 0.4) is 0 Å². The smallest absolute Gasteiger partial charge is 0.405 e. The summed E-state index contributed by atoms with van der Waals surface area (Å²) in [5, 5.41) is 11.4. The Morgan fingerprint density at radius 3 is 2.48 bits per heavy atom. The van der Waals surface area contributed by atoms with Crippen LogP contribution in [0.25, 0.3) is 11.1 Å². The first-order chi connectivity index (χ1) is 13.6. The van der Waals surface area contributed by atoms with Crippen LogP contribution in [0.5, 0.6) is 0 Å². The Morgan fingerprint density at radius 1 is 1.14 bits per heavy atom. The maximum Gasteiger partial charge on any atom is 0.405 e. The van der Waals surface area contributed by atoms with Crippen LogP contribution in [-0.2, 0) is 9.36 Å². The fraction of sp³-hybridized carbons (Fsp3) is 0.300. The summed E-state index contributed by atoms with van der Waals surface area (Å²) in [6.07, 6.45) is -0.621. The summed E-state index contributed by atoms with van der Waals surface area (Å²) in [7, 11) is -2.74. The molecule has 2 aromatic rings. The van der Waals surface area contributed by atoms with Gasteiger partial charge in [-0.25, -0.2) is 13.6 Å². The highest BCUT2D eigenvalue weighted by molar-refractivity contribution is 7.70. The second kappa shape index (κ2) is 7.95. The van der Waals surface area contributed by atoms with E-state index in [4.69, 9.17) is 5.11 Å². The van der Waals surface area contributed by atoms with Crippen molar-refractivity contribution < 1.29 is 28.0 Å². The Morgan fingerprint density at radius 2 is 1.83 bits per heavy atom. The molecule has 0 saturated carbocycles. The number of carbonyl (C=O) groups excluding carboxylic acids is 1. The van der Waals surface area contributed by atoms with Crippen LogP contribution in [0, 0.1) is 11.6 Å². The molecule has 154 valence electrons. The second-order valence-electron chi connectivity index (χ2n) is 7.26. The minimum absolute atomic E-state index is 0.0459. The van der Waals surface area contributed by atoms with Gasteiger partial charge in [0.2, 0.25) is 5.91 Å². The molecule has 0 radical (unpaired) electrons. The first kappa shape index (κ1) is 21.0. The quantitative estimate of drug-likeness (QED) is 0.737. The number of benzene rings is 2. The van der Waals surface area contributed by atoms with Crippen LogP contribution in [0.15, 0.2) is 36.4 Å². The van der Waals surface area contributed by atoms with E-state index in [1.54, 1.807) is 37.6 Å². The Balaban J connectivity index is 2.03. The van der Waals surface area contributed by atoms with Gasteiger partial charge in [0, 0.05) is 17.4 Å². The molecule has 0 spiro atoms. The fourth-order valence-corrected chi connectivity index (χ4v) is 4.74. The zero-order chi connectivity index (χ0) is 21.3. The van der Waals surface area contributed by atoms with Crippen molar-refractivity contribution >= 4 is 30.1 Å². The molecule has 1 saturated heterocycles. The van der Waals surface area contributed by atoms with E-state index in [1.807, 2.05) is 0 Å². The Kier molecular flexibility index (Phi) is 5.75. The lowest BCUT2D eigenvalue weighted by Crippen LogP contribution is -2.52. The average molecular weight is 422 g/mol. The molecule has 0 aromatic heterocycles. The van der Waals surface area contributed by atoms with Crippen molar-refractivity contribution in [2.24, 2.45) is 0 Å². The van der Waals surface area contributed by atoms with Crippen LogP contribution in [0.1, 0.15) is 12.8 Å². The molecule has 2 amide bonds. The Labute approximate surface area is 166 Å². The van der Waals surface area contributed by atoms with Crippen molar-refractivity contribution in [3.05, 3.63) is 48.0 Å². The molecular weight excluding hydrogens is 401 g/mol. The van der Waals surface area contributed by atoms with E-state index in [0.717, 1.165) is 4.90 Å². The number of nitrogens with zero attached hydrogens (tertiary/aromatic N) is 1. The number of rotatable bonds is 4. The van der Waals surface area contributed by atoms with Gasteiger partial charge in [-0.1, -0.05) is 24.3 Å². The number of carboxylic acid groups (broad SMARTS) is 1. The molecule has 1 heterocycles. The largest absolute Gasteiger partial charge is 0.465 e. The highest BCUT2D eigenvalue weighted by Crippen LogP contribution is 2.40. The van der Waals surface area contributed by atoms with Gasteiger partial charge < -0.3 is 19.9 Å². The number of carbonyl (C=O) groups is 2. The normalized spacial score (nSPS) is 17.3. The summed E-state index contributed by atoms with van der Waals surface area (Å²) in [6, 6.07) is 8.17. The lowest BCUT2D eigenvalue weighted by Gasteiger charge is -2.32. The Hall–Kier alpha value is -2.73. The number of anilines is 1. The van der Waals surface area contributed by atoms with Crippen LogP contribution in [0.4, 0.5) is 19.3 Å². The van der Waals surface area contributed by atoms with Crippen molar-refractivity contribution in [3.63, 3.8) is 0 Å². The molecule has 1 unspecified atom stereocenters. The molecule has 2 N–H and O–H groups in total. The first-order valence-corrected chi connectivity index (χ1v) is 11.6. The molecule has 1 aliphatic rings. The van der Waals surface area contributed by atoms with Crippen LogP contribution in [0.2, 0.25) is 0 Å². The van der Waals surface area contributed by atoms with E-state index < -0.39 is 36.8 Å². The van der Waals surface area contributed by atoms with Crippen molar-refractivity contribution in [2.75, 3.05) is 24.8 Å². The average Bonchev–Trinajstić information content (AvgIpc) is 2.65. The number of nitrogens with one attached hydrogen (secondary N) is 1. The molecule has 1 atom stereocenters. The molecule has 6 nitrogen and oxygen atoms in total. The third-order valence-corrected chi connectivity index (χ3v) is 6.41. The van der Waals surface area contributed by atoms with Gasteiger partial charge in [0.15, 0.2) is 11.6 Å². The topological polar surface area (TPSA) is 86.7 Å². The van der Waals surface area contributed by atoms with Crippen LogP contribution in [-0.4, -0.2) is 43.0 Å². The van der Waals surface area contributed by atoms with E-state index in [-0.39, 0.29) is 17.8 Å². The summed E-state index contributed by atoms with van der Waals surface area (Å²) < 4.78 is 42.5. The number of halogens is 2. The van der Waals surface area contributed by atoms with Crippen molar-refractivity contribution in [1.29, 1.82) is 0 Å². The monoisotopic (exact) mass is 422 g/mol. The molecule has 1 fully saturated rings. The molecule has 1 aliphatic heterocycles. The van der Waals surface area contributed by atoms with Gasteiger partial charge in [-0.05, 0) is 43.9 Å². The predicted octanol–water partition coefficient (Wildman–Crippen LogP) is 3.64. The lowest BCUT2D eigenvalue weighted by molar-refractivity contribution is -0.121. The molecular formula is C20H21F2N2O4P. The van der Waals surface area contributed by atoms with Gasteiger partial charge in [0.25, 0.3) is 0 Å². The highest BCUT2D eigenvalue weighted by atomic mass is 31.2. The van der Waals surface area contributed by atoms with Gasteiger partial charge in [0.05, 0.1) is 5.69 Å². The molecule has 29 heavy (non-hydrogen) atoms. The maximum atomic E-state index is 15.0. The van der Waals surface area contributed by atoms with Crippen molar-refractivity contribution in [2.45, 2.75) is 18.9 Å². The second-order valence-corrected chi connectivity index (χ2v) is 10.4. The van der Waals surface area contributed by atoms with E-state index in [2.05, 4.69) is 5.32 Å². The van der Waals surface area contributed by atoms with Gasteiger partial charge in [-0.3, -0.25) is 4.79 Å². The van der Waals surface area contributed by atoms with E-state index in [1.165, 1.54) is 12.1 Å². The van der Waals surface area contributed by atoms with E-state index in [0.29, 0.717) is 23.7 Å². The Bertz CT molecular complexity index is 1020. The first-order valence-electron chi connectivity index (χ1n) is 9.05. The van der Waals surface area contributed by atoms with Gasteiger partial charge in [-0.2, -0.15) is 0 Å². The minimum atomic E-state index is -2.74. The molecule has 0 bridgehead atoms. The zero-order valence-corrected chi connectivity index (χ0v) is 16.9. The summed E-state index contributed by atoms with van der Waals surface area (Å²) in [5.74, 6) is -2.98. The summed E-state index contributed by atoms with van der Waals surface area (Å²) in [4.78, 5) is 24.5. The molecule has 3 rings (SSSR count). The number of hydrogen-bond acceptors (Lipinski definition) is 3. The van der Waals surface area contributed by atoms with Gasteiger partial charge >= 0.3 is 6.09 Å². The standard InChI is InChI=1S/C20H21F2N2O4P/c1-29(2,28)16-8-4-3-6-12(16)13-9-10-15(18(22)17(13)21)24-11-5-7-14(19(24)25)23-20(26)27/h3-4,6,8-10,14,23H,5,7,11H2,1-2H3,(H,26,27). The summed E-state index contributed by atoms with van der Waals surface area (Å²) in [5.41, 5.74) is 0.0384. The molecule has 2 aromatic carbocycles. The predicted molar refractivity (Wildman–Crippen MR) is 107 cm³/mol. The number of hydrogen-bond donors (Lipinski definition) is 2. The van der Waals surface area contributed by atoms with Crippen LogP contribution < -0.4 is 15.5 Å². The van der Waals surface area contributed by atoms with Crippen LogP contribution >= 0.6 is 7.14 Å². The summed E-state index contributed by atoms with van der Waals surface area (Å²) >= 11 is 0. The SMILES string of the molecule is CP(C)(=O)c1ccccc1-c1ccc(N2CCCC(NC(=O)O)C2=O)c(F)c1F. The lowest BCUT2D eigenvalue weighted by atomic mass is 10.0. The van der Waals surface area contributed by atoms with Gasteiger partial charge in [-0.15, -0.1) is 0 Å². The van der Waals surface area contributed by atoms with Crippen molar-refractivity contribution in [3.8, 4) is 11.1 Å². The third-order valence-electron chi connectivity index (χ3n) is 4.86. The molecule has 9 heteroatoms. The maximum absolute atomic E-state index is 15.0. The number of amides is 2. The minimum Gasteiger partial charge on any atom is -0.465 e. The van der Waals surface area contributed by atoms with E-state index >= 15 is 0 Å². The van der Waals surface area contributed by atoms with Crippen molar-refractivity contribution in [1.82, 2.24) is 5.32 Å². The molecule has 0 aliphatic carbocycles. The zero-order valence-electron chi connectivity index (χ0n) is 16.0. The van der Waals surface area contributed by atoms with E-state index in [9.17, 15) is 22.9 Å².